The fourth-order valence-electron chi connectivity index (χ4n) is 6.90. The maximum atomic E-state index is 12.8. The Morgan fingerprint density at radius 2 is 0.694 bits per heavy atom. The monoisotopic (exact) mass is 863 g/mol. The minimum Gasteiger partial charge on any atom is -0.462 e. The normalized spacial score (nSPS) is 12.8. The van der Waals surface area contributed by atoms with Crippen molar-refractivity contribution in [2.24, 2.45) is 0 Å². The molecule has 0 amide bonds. The number of unbranched alkanes of at least 4 members (excludes halogenated alkanes) is 24. The SMILES string of the molecule is CC\C=C/C=C\C=C/C=C\C=C/CCCCCC(=O)OC(COC(=O)CCCCCCCCC/C=C\C/C=C\CCCCC)COC(=O)CCCCCCCCCCCCCC. The molecule has 0 aromatic rings. The molecule has 0 aliphatic heterocycles. The highest BCUT2D eigenvalue weighted by atomic mass is 16.6. The number of hydrogen-bond acceptors (Lipinski definition) is 6. The fraction of sp³-hybridized carbons (Fsp3) is 0.696. The number of rotatable bonds is 45. The summed E-state index contributed by atoms with van der Waals surface area (Å²) in [6.45, 7) is 6.42. The molecule has 0 rings (SSSR count). The minimum absolute atomic E-state index is 0.0955. The van der Waals surface area contributed by atoms with Gasteiger partial charge in [0, 0.05) is 19.3 Å². The van der Waals surface area contributed by atoms with E-state index in [4.69, 9.17) is 14.2 Å². The van der Waals surface area contributed by atoms with E-state index in [-0.39, 0.29) is 37.5 Å². The van der Waals surface area contributed by atoms with Gasteiger partial charge in [0.05, 0.1) is 0 Å². The van der Waals surface area contributed by atoms with E-state index in [0.29, 0.717) is 19.3 Å². The van der Waals surface area contributed by atoms with Gasteiger partial charge in [-0.3, -0.25) is 14.4 Å². The zero-order valence-electron chi connectivity index (χ0n) is 40.4. The van der Waals surface area contributed by atoms with Crippen molar-refractivity contribution < 1.29 is 28.6 Å². The second-order valence-electron chi connectivity index (χ2n) is 16.8. The van der Waals surface area contributed by atoms with Crippen LogP contribution in [0.4, 0.5) is 0 Å². The van der Waals surface area contributed by atoms with Crippen LogP contribution in [-0.4, -0.2) is 37.2 Å². The molecule has 0 N–H and O–H groups in total. The smallest absolute Gasteiger partial charge is 0.306 e. The van der Waals surface area contributed by atoms with Gasteiger partial charge in [0.25, 0.3) is 0 Å². The van der Waals surface area contributed by atoms with Gasteiger partial charge in [-0.2, -0.15) is 0 Å². The average Bonchev–Trinajstić information content (AvgIpc) is 3.27. The molecule has 6 nitrogen and oxygen atoms in total. The molecule has 0 aliphatic rings. The van der Waals surface area contributed by atoms with Crippen LogP contribution < -0.4 is 0 Å². The lowest BCUT2D eigenvalue weighted by atomic mass is 10.0. The van der Waals surface area contributed by atoms with Gasteiger partial charge >= 0.3 is 17.9 Å². The summed E-state index contributed by atoms with van der Waals surface area (Å²) < 4.78 is 16.7. The van der Waals surface area contributed by atoms with Crippen molar-refractivity contribution >= 4 is 17.9 Å². The van der Waals surface area contributed by atoms with Gasteiger partial charge in [-0.05, 0) is 70.6 Å². The first-order valence-corrected chi connectivity index (χ1v) is 25.7. The summed E-state index contributed by atoms with van der Waals surface area (Å²) >= 11 is 0. The molecule has 0 aromatic heterocycles. The number of hydrogen-bond donors (Lipinski definition) is 0. The molecule has 6 heteroatoms. The highest BCUT2D eigenvalue weighted by Gasteiger charge is 2.19. The van der Waals surface area contributed by atoms with Gasteiger partial charge in [-0.1, -0.05) is 228 Å². The summed E-state index contributed by atoms with van der Waals surface area (Å²) in [4.78, 5) is 37.9. The van der Waals surface area contributed by atoms with Crippen molar-refractivity contribution in [1.82, 2.24) is 0 Å². The van der Waals surface area contributed by atoms with Crippen LogP contribution in [0.5, 0.6) is 0 Å². The van der Waals surface area contributed by atoms with E-state index in [1.807, 2.05) is 48.6 Å². The molecule has 1 unspecified atom stereocenters. The summed E-state index contributed by atoms with van der Waals surface area (Å²) in [5, 5.41) is 0. The van der Waals surface area contributed by atoms with Crippen LogP contribution in [0, 0.1) is 0 Å². The molecule has 62 heavy (non-hydrogen) atoms. The Labute approximate surface area is 382 Å². The van der Waals surface area contributed by atoms with Crippen LogP contribution in [0.2, 0.25) is 0 Å². The quantitative estimate of drug-likeness (QED) is 0.0199. The molecule has 0 aromatic carbocycles. The van der Waals surface area contributed by atoms with E-state index in [1.54, 1.807) is 0 Å². The Balaban J connectivity index is 4.46. The number of allylic oxidation sites excluding steroid dienone is 14. The average molecular weight is 863 g/mol. The second-order valence-corrected chi connectivity index (χ2v) is 16.8. The van der Waals surface area contributed by atoms with Gasteiger partial charge in [-0.15, -0.1) is 0 Å². The van der Waals surface area contributed by atoms with Crippen LogP contribution in [-0.2, 0) is 28.6 Å². The first-order valence-electron chi connectivity index (χ1n) is 25.7. The topological polar surface area (TPSA) is 78.9 Å². The Hall–Kier alpha value is -3.41. The lowest BCUT2D eigenvalue weighted by molar-refractivity contribution is -0.167. The second kappa shape index (κ2) is 50.2. The van der Waals surface area contributed by atoms with Gasteiger partial charge in [0.2, 0.25) is 0 Å². The van der Waals surface area contributed by atoms with Crippen LogP contribution in [0.1, 0.15) is 233 Å². The van der Waals surface area contributed by atoms with Gasteiger partial charge in [-0.25, -0.2) is 0 Å². The predicted octanol–water partition coefficient (Wildman–Crippen LogP) is 16.8. The van der Waals surface area contributed by atoms with E-state index in [0.717, 1.165) is 77.0 Å². The molecule has 0 saturated heterocycles. The van der Waals surface area contributed by atoms with Crippen molar-refractivity contribution in [3.05, 3.63) is 85.1 Å². The van der Waals surface area contributed by atoms with Crippen molar-refractivity contribution in [3.63, 3.8) is 0 Å². The molecular weight excluding hydrogens is 769 g/mol. The Morgan fingerprint density at radius 1 is 0.355 bits per heavy atom. The van der Waals surface area contributed by atoms with E-state index in [1.165, 1.54) is 109 Å². The van der Waals surface area contributed by atoms with E-state index < -0.39 is 6.10 Å². The molecule has 0 fully saturated rings. The van der Waals surface area contributed by atoms with Crippen LogP contribution in [0.25, 0.3) is 0 Å². The first-order chi connectivity index (χ1) is 30.5. The Morgan fingerprint density at radius 3 is 1.16 bits per heavy atom. The Bertz CT molecular complexity index is 1220. The molecule has 0 radical (unpaired) electrons. The Kier molecular flexibility index (Phi) is 47.5. The molecule has 0 spiro atoms. The van der Waals surface area contributed by atoms with E-state index in [9.17, 15) is 14.4 Å². The van der Waals surface area contributed by atoms with Crippen molar-refractivity contribution in [2.45, 2.75) is 239 Å². The number of esters is 3. The summed E-state index contributed by atoms with van der Waals surface area (Å²) in [5.74, 6) is -0.946. The van der Waals surface area contributed by atoms with Crippen LogP contribution in [0.15, 0.2) is 85.1 Å². The lowest BCUT2D eigenvalue weighted by Crippen LogP contribution is -2.30. The minimum atomic E-state index is -0.800. The maximum Gasteiger partial charge on any atom is 0.306 e. The lowest BCUT2D eigenvalue weighted by Gasteiger charge is -2.18. The zero-order valence-corrected chi connectivity index (χ0v) is 40.4. The third-order valence-corrected chi connectivity index (χ3v) is 10.8. The summed E-state index contributed by atoms with van der Waals surface area (Å²) in [6.07, 6.45) is 64.2. The molecular formula is C56H94O6. The first kappa shape index (κ1) is 58.6. The van der Waals surface area contributed by atoms with Gasteiger partial charge < -0.3 is 14.2 Å². The van der Waals surface area contributed by atoms with Crippen LogP contribution in [0.3, 0.4) is 0 Å². The third-order valence-electron chi connectivity index (χ3n) is 10.8. The van der Waals surface area contributed by atoms with Crippen molar-refractivity contribution in [3.8, 4) is 0 Å². The molecule has 0 saturated carbocycles. The van der Waals surface area contributed by atoms with Crippen molar-refractivity contribution in [2.75, 3.05) is 13.2 Å². The van der Waals surface area contributed by atoms with Crippen molar-refractivity contribution in [1.29, 1.82) is 0 Å². The predicted molar refractivity (Wildman–Crippen MR) is 265 cm³/mol. The van der Waals surface area contributed by atoms with Gasteiger partial charge in [0.1, 0.15) is 13.2 Å². The molecule has 1 atom stereocenters. The number of carbonyl (C=O) groups is 3. The molecule has 0 aliphatic carbocycles. The van der Waals surface area contributed by atoms with E-state index in [2.05, 4.69) is 57.2 Å². The summed E-state index contributed by atoms with van der Waals surface area (Å²) in [7, 11) is 0. The number of ether oxygens (including phenoxy) is 3. The third kappa shape index (κ3) is 47.6. The number of carbonyl (C=O) groups excluding carboxylic acids is 3. The maximum absolute atomic E-state index is 12.8. The highest BCUT2D eigenvalue weighted by Crippen LogP contribution is 2.14. The largest absolute Gasteiger partial charge is 0.462 e. The molecule has 354 valence electrons. The highest BCUT2D eigenvalue weighted by molar-refractivity contribution is 5.71. The van der Waals surface area contributed by atoms with E-state index >= 15 is 0 Å². The van der Waals surface area contributed by atoms with Crippen LogP contribution >= 0.6 is 0 Å². The summed E-state index contributed by atoms with van der Waals surface area (Å²) in [5.41, 5.74) is 0. The molecule has 0 bridgehead atoms. The molecule has 0 heterocycles. The zero-order chi connectivity index (χ0) is 45.1. The van der Waals surface area contributed by atoms with Gasteiger partial charge in [0.15, 0.2) is 6.10 Å². The fourth-order valence-corrected chi connectivity index (χ4v) is 6.90. The summed E-state index contributed by atoms with van der Waals surface area (Å²) in [6, 6.07) is 0. The standard InChI is InChI=1S/C56H94O6/c1-4-7-10-13-16-19-22-25-27-28-30-31-34-37-40-43-46-49-55(58)61-52-53(51-60-54(57)48-45-42-39-36-33-24-21-18-15-12-9-6-3)62-56(59)50-47-44-41-38-35-32-29-26-23-20-17-14-11-8-5-2/h8,11,14,16-17,19-20,23,25-27,29,32,35,53H,4-7,9-10,12-13,15,18,21-22,24,28,30-31,33-34,36-52H2,1-3H3/b11-8-,17-14-,19-16-,23-20-,27-25-,29-26-,35-32-.